The maximum atomic E-state index is 5.81. The van der Waals surface area contributed by atoms with Crippen molar-refractivity contribution in [2.75, 3.05) is 17.6 Å². The van der Waals surface area contributed by atoms with E-state index < -0.39 is 0 Å². The van der Waals surface area contributed by atoms with Gasteiger partial charge in [-0.25, -0.2) is 9.97 Å². The van der Waals surface area contributed by atoms with Crippen molar-refractivity contribution in [2.24, 2.45) is 0 Å². The second-order valence-corrected chi connectivity index (χ2v) is 6.91. The number of aromatic nitrogens is 3. The van der Waals surface area contributed by atoms with E-state index in [-0.39, 0.29) is 0 Å². The summed E-state index contributed by atoms with van der Waals surface area (Å²) in [6.45, 7) is 5.06. The van der Waals surface area contributed by atoms with Gasteiger partial charge in [-0.3, -0.25) is 0 Å². The number of nitrogen functional groups attached to an aromatic ring is 1. The van der Waals surface area contributed by atoms with Crippen molar-refractivity contribution in [2.45, 2.75) is 26.2 Å². The van der Waals surface area contributed by atoms with Crippen LogP contribution in [-0.2, 0) is 6.42 Å². The third-order valence-electron chi connectivity index (χ3n) is 3.26. The average molecular weight is 319 g/mol. The Morgan fingerprint density at radius 2 is 2.24 bits per heavy atom. The van der Waals surface area contributed by atoms with Crippen LogP contribution in [0.15, 0.2) is 17.6 Å². The summed E-state index contributed by atoms with van der Waals surface area (Å²) in [4.78, 5) is 15.3. The molecule has 0 aliphatic carbocycles. The number of nitrogens with one attached hydrogen (secondary N) is 1. The van der Waals surface area contributed by atoms with Gasteiger partial charge in [0.25, 0.3) is 0 Å². The first-order valence-corrected chi connectivity index (χ1v) is 8.56. The second-order valence-electron chi connectivity index (χ2n) is 4.87. The SMILES string of the molecule is CCc1cc2c(NCC(C)c3nccs3)nc(N)nc2s1. The molecule has 3 aromatic heterocycles. The molecule has 7 heteroatoms. The predicted octanol–water partition coefficient (Wildman–Crippen LogP) is 3.51. The number of nitrogens with zero attached hydrogens (tertiary/aromatic N) is 3. The number of hydrogen-bond acceptors (Lipinski definition) is 7. The lowest BCUT2D eigenvalue weighted by atomic mass is 10.2. The number of nitrogens with two attached hydrogens (primary N) is 1. The van der Waals surface area contributed by atoms with E-state index in [4.69, 9.17) is 5.73 Å². The highest BCUT2D eigenvalue weighted by molar-refractivity contribution is 7.18. The quantitative estimate of drug-likeness (QED) is 0.752. The van der Waals surface area contributed by atoms with Crippen molar-refractivity contribution in [3.05, 3.63) is 27.5 Å². The van der Waals surface area contributed by atoms with Gasteiger partial charge in [0.15, 0.2) is 0 Å². The summed E-state index contributed by atoms with van der Waals surface area (Å²) < 4.78 is 0. The van der Waals surface area contributed by atoms with Crippen LogP contribution in [0.5, 0.6) is 0 Å². The first-order valence-electron chi connectivity index (χ1n) is 6.86. The lowest BCUT2D eigenvalue weighted by Gasteiger charge is -2.11. The van der Waals surface area contributed by atoms with Crippen LogP contribution in [0.4, 0.5) is 11.8 Å². The fourth-order valence-corrected chi connectivity index (χ4v) is 3.78. The number of thiophene rings is 1. The molecule has 0 aromatic carbocycles. The van der Waals surface area contributed by atoms with Gasteiger partial charge >= 0.3 is 0 Å². The molecule has 0 bridgehead atoms. The van der Waals surface area contributed by atoms with Crippen molar-refractivity contribution in [3.63, 3.8) is 0 Å². The van der Waals surface area contributed by atoms with Crippen LogP contribution in [0.25, 0.3) is 10.2 Å². The van der Waals surface area contributed by atoms with Crippen LogP contribution in [0.2, 0.25) is 0 Å². The van der Waals surface area contributed by atoms with Crippen molar-refractivity contribution in [3.8, 4) is 0 Å². The maximum Gasteiger partial charge on any atom is 0.223 e. The Labute approximate surface area is 131 Å². The van der Waals surface area contributed by atoms with E-state index in [1.165, 1.54) is 4.88 Å². The smallest absolute Gasteiger partial charge is 0.223 e. The van der Waals surface area contributed by atoms with Gasteiger partial charge in [0, 0.05) is 28.9 Å². The number of thiazole rings is 1. The van der Waals surface area contributed by atoms with Crippen molar-refractivity contribution in [1.29, 1.82) is 0 Å². The second kappa shape index (κ2) is 5.95. The molecular weight excluding hydrogens is 302 g/mol. The van der Waals surface area contributed by atoms with Crippen LogP contribution in [0.3, 0.4) is 0 Å². The first-order chi connectivity index (χ1) is 10.2. The van der Waals surface area contributed by atoms with Gasteiger partial charge in [-0.15, -0.1) is 22.7 Å². The molecule has 3 aromatic rings. The van der Waals surface area contributed by atoms with Crippen LogP contribution in [0.1, 0.15) is 29.7 Å². The summed E-state index contributed by atoms with van der Waals surface area (Å²) in [5.74, 6) is 1.47. The van der Waals surface area contributed by atoms with E-state index in [1.807, 2.05) is 11.6 Å². The normalized spacial score (nSPS) is 12.7. The molecule has 0 amide bonds. The molecule has 3 N–H and O–H groups in total. The minimum Gasteiger partial charge on any atom is -0.369 e. The Balaban J connectivity index is 1.84. The van der Waals surface area contributed by atoms with Gasteiger partial charge < -0.3 is 11.1 Å². The van der Waals surface area contributed by atoms with Crippen LogP contribution >= 0.6 is 22.7 Å². The highest BCUT2D eigenvalue weighted by Gasteiger charge is 2.13. The van der Waals surface area contributed by atoms with Crippen LogP contribution in [0, 0.1) is 0 Å². The van der Waals surface area contributed by atoms with E-state index in [0.29, 0.717) is 11.9 Å². The molecular formula is C14H17N5S2. The van der Waals surface area contributed by atoms with E-state index >= 15 is 0 Å². The average Bonchev–Trinajstić information content (AvgIpc) is 3.12. The third-order valence-corrected chi connectivity index (χ3v) is 5.44. The molecule has 3 rings (SSSR count). The van der Waals surface area contributed by atoms with E-state index in [1.54, 1.807) is 22.7 Å². The molecule has 0 radical (unpaired) electrons. The van der Waals surface area contributed by atoms with Gasteiger partial charge in [0.1, 0.15) is 10.6 Å². The molecule has 3 heterocycles. The van der Waals surface area contributed by atoms with Crippen LogP contribution < -0.4 is 11.1 Å². The Kier molecular flexibility index (Phi) is 4.03. The number of rotatable bonds is 5. The van der Waals surface area contributed by atoms with Gasteiger partial charge in [-0.1, -0.05) is 13.8 Å². The minimum absolute atomic E-state index is 0.316. The molecule has 0 saturated heterocycles. The maximum absolute atomic E-state index is 5.81. The van der Waals surface area contributed by atoms with E-state index in [2.05, 4.69) is 40.2 Å². The Morgan fingerprint density at radius 3 is 2.95 bits per heavy atom. The van der Waals surface area contributed by atoms with E-state index in [9.17, 15) is 0 Å². The Bertz CT molecular complexity index is 735. The minimum atomic E-state index is 0.316. The lowest BCUT2D eigenvalue weighted by molar-refractivity contribution is 0.793. The topological polar surface area (TPSA) is 76.7 Å². The molecule has 110 valence electrons. The summed E-state index contributed by atoms with van der Waals surface area (Å²) in [5, 5.41) is 7.57. The fraction of sp³-hybridized carbons (Fsp3) is 0.357. The summed E-state index contributed by atoms with van der Waals surface area (Å²) in [5.41, 5.74) is 5.81. The van der Waals surface area contributed by atoms with Crippen LogP contribution in [-0.4, -0.2) is 21.5 Å². The zero-order valence-corrected chi connectivity index (χ0v) is 13.6. The predicted molar refractivity (Wildman–Crippen MR) is 90.2 cm³/mol. The molecule has 21 heavy (non-hydrogen) atoms. The van der Waals surface area contributed by atoms with Gasteiger partial charge in [-0.05, 0) is 12.5 Å². The Hall–Kier alpha value is -1.73. The van der Waals surface area contributed by atoms with Gasteiger partial charge in [-0.2, -0.15) is 4.98 Å². The highest BCUT2D eigenvalue weighted by Crippen LogP contribution is 2.30. The highest BCUT2D eigenvalue weighted by atomic mass is 32.1. The van der Waals surface area contributed by atoms with Crippen molar-refractivity contribution >= 4 is 44.7 Å². The molecule has 1 atom stereocenters. The van der Waals surface area contributed by atoms with E-state index in [0.717, 1.165) is 34.0 Å². The number of fused-ring (bicyclic) bond motifs is 1. The summed E-state index contributed by atoms with van der Waals surface area (Å²) in [7, 11) is 0. The standard InChI is InChI=1S/C14H17N5S2/c1-3-9-6-10-11(18-14(15)19-13(10)21-9)17-7-8(2)12-16-4-5-20-12/h4-6,8H,3,7H2,1-2H3,(H3,15,17,18,19). The largest absolute Gasteiger partial charge is 0.369 e. The summed E-state index contributed by atoms with van der Waals surface area (Å²) in [6.07, 6.45) is 2.83. The molecule has 1 unspecified atom stereocenters. The zero-order valence-electron chi connectivity index (χ0n) is 12.0. The molecule has 0 spiro atoms. The zero-order chi connectivity index (χ0) is 14.8. The molecule has 5 nitrogen and oxygen atoms in total. The van der Waals surface area contributed by atoms with Crippen molar-refractivity contribution in [1.82, 2.24) is 15.0 Å². The molecule has 0 aliphatic rings. The lowest BCUT2D eigenvalue weighted by Crippen LogP contribution is -2.11. The summed E-state index contributed by atoms with van der Waals surface area (Å²) >= 11 is 3.35. The molecule has 0 aliphatic heterocycles. The Morgan fingerprint density at radius 1 is 1.38 bits per heavy atom. The number of anilines is 2. The fourth-order valence-electron chi connectivity index (χ4n) is 2.11. The van der Waals surface area contributed by atoms with Gasteiger partial charge in [0.2, 0.25) is 5.95 Å². The number of hydrogen-bond donors (Lipinski definition) is 2. The first kappa shape index (κ1) is 14.2. The molecule has 0 saturated carbocycles. The third kappa shape index (κ3) is 2.98. The van der Waals surface area contributed by atoms with Crippen molar-refractivity contribution < 1.29 is 0 Å². The van der Waals surface area contributed by atoms with Gasteiger partial charge in [0.05, 0.1) is 10.4 Å². The molecule has 0 fully saturated rings. The summed E-state index contributed by atoms with van der Waals surface area (Å²) in [6, 6.07) is 2.15. The monoisotopic (exact) mass is 319 g/mol. The number of aryl methyl sites for hydroxylation is 1.